The van der Waals surface area contributed by atoms with Crippen molar-refractivity contribution < 1.29 is 14.3 Å². The third-order valence-electron chi connectivity index (χ3n) is 5.19. The lowest BCUT2D eigenvalue weighted by Gasteiger charge is -2.22. The Hall–Kier alpha value is -2.15. The van der Waals surface area contributed by atoms with E-state index in [-0.39, 0.29) is 24.4 Å². The number of amides is 2. The highest BCUT2D eigenvalue weighted by Crippen LogP contribution is 2.33. The summed E-state index contributed by atoms with van der Waals surface area (Å²) in [6, 6.07) is 1.86. The largest absolute Gasteiger partial charge is 0.481 e. The summed E-state index contributed by atoms with van der Waals surface area (Å²) < 4.78 is 5.38. The van der Waals surface area contributed by atoms with E-state index in [4.69, 9.17) is 4.74 Å². The van der Waals surface area contributed by atoms with Crippen molar-refractivity contribution in [3.8, 4) is 5.88 Å². The van der Waals surface area contributed by atoms with Gasteiger partial charge in [0.25, 0.3) is 5.91 Å². The minimum Gasteiger partial charge on any atom is -0.481 e. The number of hydrogen-bond acceptors (Lipinski definition) is 5. The van der Waals surface area contributed by atoms with E-state index in [0.29, 0.717) is 24.0 Å². The third-order valence-corrected chi connectivity index (χ3v) is 5.19. The van der Waals surface area contributed by atoms with E-state index < -0.39 is 0 Å². The van der Waals surface area contributed by atoms with E-state index in [2.05, 4.69) is 15.6 Å². The fourth-order valence-corrected chi connectivity index (χ4v) is 3.55. The van der Waals surface area contributed by atoms with Crippen LogP contribution in [0.2, 0.25) is 0 Å². The van der Waals surface area contributed by atoms with Crippen LogP contribution in [0.25, 0.3) is 0 Å². The van der Waals surface area contributed by atoms with Gasteiger partial charge in [-0.15, -0.1) is 0 Å². The molecule has 2 N–H and O–H groups in total. The Labute approximate surface area is 148 Å². The zero-order chi connectivity index (χ0) is 18.0. The summed E-state index contributed by atoms with van der Waals surface area (Å²) in [5.41, 5.74) is 2.13. The zero-order valence-corrected chi connectivity index (χ0v) is 15.1. The highest BCUT2D eigenvalue weighted by Gasteiger charge is 2.35. The molecule has 0 bridgehead atoms. The molecule has 1 aromatic heterocycles. The summed E-state index contributed by atoms with van der Waals surface area (Å²) in [7, 11) is 3.29. The van der Waals surface area contributed by atoms with E-state index >= 15 is 0 Å². The first-order chi connectivity index (χ1) is 12.0. The maximum atomic E-state index is 12.8. The van der Waals surface area contributed by atoms with Crippen molar-refractivity contribution in [3.05, 3.63) is 22.9 Å². The Balaban J connectivity index is 1.78. The highest BCUT2D eigenvalue weighted by molar-refractivity contribution is 5.98. The van der Waals surface area contributed by atoms with Crippen LogP contribution in [-0.4, -0.2) is 47.9 Å². The first-order valence-electron chi connectivity index (χ1n) is 8.88. The van der Waals surface area contributed by atoms with Crippen LogP contribution in [0.4, 0.5) is 0 Å². The summed E-state index contributed by atoms with van der Waals surface area (Å²) in [6.07, 6.45) is 4.51. The van der Waals surface area contributed by atoms with E-state index in [1.165, 1.54) is 12.8 Å². The van der Waals surface area contributed by atoms with Gasteiger partial charge in [0.15, 0.2) is 0 Å². The molecule has 2 amide bonds. The van der Waals surface area contributed by atoms with Gasteiger partial charge in [0, 0.05) is 18.2 Å². The number of hydrogen-bond donors (Lipinski definition) is 2. The van der Waals surface area contributed by atoms with Crippen LogP contribution in [-0.2, 0) is 17.9 Å². The number of fused-ring (bicyclic) bond motifs is 1. The van der Waals surface area contributed by atoms with Crippen LogP contribution in [0.5, 0.6) is 5.88 Å². The first kappa shape index (κ1) is 17.7. The quantitative estimate of drug-likeness (QED) is 0.809. The molecule has 1 saturated carbocycles. The molecule has 3 rings (SSSR count). The van der Waals surface area contributed by atoms with Crippen molar-refractivity contribution in [2.75, 3.05) is 14.2 Å². The second-order valence-electron chi connectivity index (χ2n) is 6.75. The summed E-state index contributed by atoms with van der Waals surface area (Å²) in [4.78, 5) is 31.2. The number of methoxy groups -OCH3 is 1. The van der Waals surface area contributed by atoms with Crippen molar-refractivity contribution in [2.24, 2.45) is 0 Å². The van der Waals surface area contributed by atoms with Gasteiger partial charge < -0.3 is 20.3 Å². The lowest BCUT2D eigenvalue weighted by Crippen LogP contribution is -2.40. The van der Waals surface area contributed by atoms with Gasteiger partial charge in [-0.05, 0) is 32.9 Å². The van der Waals surface area contributed by atoms with Crippen molar-refractivity contribution >= 4 is 11.8 Å². The smallest absolute Gasteiger partial charge is 0.256 e. The topological polar surface area (TPSA) is 83.6 Å². The average molecular weight is 346 g/mol. The minimum atomic E-state index is -0.284. The fourth-order valence-electron chi connectivity index (χ4n) is 3.55. The monoisotopic (exact) mass is 346 g/mol. The summed E-state index contributed by atoms with van der Waals surface area (Å²) in [6.45, 7) is 2.63. The Morgan fingerprint density at radius 1 is 1.44 bits per heavy atom. The summed E-state index contributed by atoms with van der Waals surface area (Å²) in [5.74, 6) is 0.411. The normalized spacial score (nSPS) is 18.4. The van der Waals surface area contributed by atoms with Gasteiger partial charge in [0.1, 0.15) is 0 Å². The highest BCUT2D eigenvalue weighted by atomic mass is 16.5. The van der Waals surface area contributed by atoms with Crippen molar-refractivity contribution in [2.45, 2.75) is 57.8 Å². The fraction of sp³-hybridized carbons (Fsp3) is 0.611. The molecular weight excluding hydrogens is 320 g/mol. The number of aromatic nitrogens is 1. The number of likely N-dealkylation sites (N-methyl/N-ethyl adjacent to an activating group) is 1. The third kappa shape index (κ3) is 3.46. The van der Waals surface area contributed by atoms with Crippen molar-refractivity contribution in [1.82, 2.24) is 20.5 Å². The Morgan fingerprint density at radius 3 is 2.80 bits per heavy atom. The molecule has 136 valence electrons. The van der Waals surface area contributed by atoms with E-state index in [0.717, 1.165) is 24.1 Å². The molecule has 1 aromatic rings. The van der Waals surface area contributed by atoms with E-state index in [1.54, 1.807) is 21.1 Å². The molecule has 0 aromatic carbocycles. The number of rotatable bonds is 6. The number of carbonyl (C=O) groups is 2. The number of carbonyl (C=O) groups excluding carboxylic acids is 2. The van der Waals surface area contributed by atoms with Crippen LogP contribution in [0.3, 0.4) is 0 Å². The number of ether oxygens (including phenoxy) is 1. The second-order valence-corrected chi connectivity index (χ2v) is 6.75. The number of pyridine rings is 1. The lowest BCUT2D eigenvalue weighted by atomic mass is 10.1. The molecule has 7 heteroatoms. The molecule has 25 heavy (non-hydrogen) atoms. The van der Waals surface area contributed by atoms with Crippen LogP contribution < -0.4 is 15.4 Å². The minimum absolute atomic E-state index is 0.0493. The zero-order valence-electron chi connectivity index (χ0n) is 15.1. The molecule has 7 nitrogen and oxygen atoms in total. The predicted octanol–water partition coefficient (Wildman–Crippen LogP) is 1.21. The molecule has 2 heterocycles. The molecule has 0 unspecified atom stereocenters. The molecule has 2 aliphatic rings. The van der Waals surface area contributed by atoms with Crippen molar-refractivity contribution in [1.29, 1.82) is 0 Å². The van der Waals surface area contributed by atoms with Crippen molar-refractivity contribution in [3.63, 3.8) is 0 Å². The molecule has 1 aliphatic carbocycles. The van der Waals surface area contributed by atoms with Crippen LogP contribution in [0, 0.1) is 0 Å². The molecule has 0 spiro atoms. The lowest BCUT2D eigenvalue weighted by molar-refractivity contribution is -0.122. The molecule has 1 aliphatic heterocycles. The Bertz CT molecular complexity index is 671. The molecule has 1 atom stereocenters. The average Bonchev–Trinajstić information content (AvgIpc) is 3.26. The second kappa shape index (κ2) is 7.39. The van der Waals surface area contributed by atoms with Crippen LogP contribution in [0.1, 0.15) is 54.2 Å². The molecule has 0 saturated heterocycles. The molecule has 1 fully saturated rings. The first-order valence-corrected chi connectivity index (χ1v) is 8.88. The van der Waals surface area contributed by atoms with Gasteiger partial charge >= 0.3 is 0 Å². The van der Waals surface area contributed by atoms with E-state index in [1.807, 2.05) is 11.0 Å². The maximum absolute atomic E-state index is 12.8. The SMILES string of the molecule is CN[C@@H](C)C(=O)NCc1cc2c(nc1OC)CN(C1CCCC1)C2=O. The Morgan fingerprint density at radius 2 is 2.16 bits per heavy atom. The van der Waals surface area contributed by atoms with Gasteiger partial charge in [0.05, 0.1) is 31.0 Å². The van der Waals surface area contributed by atoms with Gasteiger partial charge in [-0.2, -0.15) is 0 Å². The van der Waals surface area contributed by atoms with Gasteiger partial charge in [-0.1, -0.05) is 12.8 Å². The molecular formula is C18H26N4O3. The Kier molecular flexibility index (Phi) is 5.22. The van der Waals surface area contributed by atoms with Gasteiger partial charge in [-0.3, -0.25) is 9.59 Å². The number of nitrogens with one attached hydrogen (secondary N) is 2. The van der Waals surface area contributed by atoms with Gasteiger partial charge in [0.2, 0.25) is 11.8 Å². The van der Waals surface area contributed by atoms with Crippen LogP contribution >= 0.6 is 0 Å². The van der Waals surface area contributed by atoms with E-state index in [9.17, 15) is 9.59 Å². The van der Waals surface area contributed by atoms with Gasteiger partial charge in [-0.25, -0.2) is 4.98 Å². The van der Waals surface area contributed by atoms with Crippen LogP contribution in [0.15, 0.2) is 6.07 Å². The number of nitrogens with zero attached hydrogens (tertiary/aromatic N) is 2. The predicted molar refractivity (Wildman–Crippen MR) is 93.3 cm³/mol. The maximum Gasteiger partial charge on any atom is 0.256 e. The summed E-state index contributed by atoms with van der Waals surface area (Å²) >= 11 is 0. The summed E-state index contributed by atoms with van der Waals surface area (Å²) in [5, 5.41) is 5.75. The molecule has 0 radical (unpaired) electrons. The standard InChI is InChI=1S/C18H26N4O3/c1-11(19-2)16(23)20-9-12-8-14-15(21-17(12)25-3)10-22(18(14)24)13-6-4-5-7-13/h8,11,13,19H,4-7,9-10H2,1-3H3,(H,20,23)/t11-/m0/s1.